The van der Waals surface area contributed by atoms with Crippen molar-refractivity contribution >= 4 is 35.8 Å². The number of hydrogen-bond acceptors (Lipinski definition) is 4. The molecule has 2 rings (SSSR count). The maximum atomic E-state index is 12.2. The Hall–Kier alpha value is -0.610. The van der Waals surface area contributed by atoms with Crippen LogP contribution < -0.4 is 10.6 Å². The van der Waals surface area contributed by atoms with Crippen molar-refractivity contribution in [2.24, 2.45) is 16.8 Å². The van der Waals surface area contributed by atoms with Gasteiger partial charge in [-0.1, -0.05) is 27.7 Å². The van der Waals surface area contributed by atoms with Crippen molar-refractivity contribution in [3.8, 4) is 0 Å². The maximum absolute atomic E-state index is 12.2. The van der Waals surface area contributed by atoms with Crippen molar-refractivity contribution in [3.05, 3.63) is 0 Å². The number of likely N-dealkylation sites (tertiary alicyclic amines) is 1. The smallest absolute Gasteiger partial charge is 0.225 e. The van der Waals surface area contributed by atoms with Crippen molar-refractivity contribution in [3.63, 3.8) is 0 Å². The molecule has 0 saturated carbocycles. The Balaban J connectivity index is 0.00000420. The second-order valence-corrected chi connectivity index (χ2v) is 8.72. The van der Waals surface area contributed by atoms with Crippen LogP contribution >= 0.6 is 24.0 Å². The van der Waals surface area contributed by atoms with Gasteiger partial charge in [0.05, 0.1) is 19.8 Å². The molecular weight excluding hydrogens is 481 g/mol. The zero-order chi connectivity index (χ0) is 20.5. The number of amides is 1. The zero-order valence-electron chi connectivity index (χ0n) is 18.9. The Morgan fingerprint density at radius 2 is 1.86 bits per heavy atom. The van der Waals surface area contributed by atoms with E-state index in [1.54, 1.807) is 0 Å². The van der Waals surface area contributed by atoms with Crippen LogP contribution in [0, 0.1) is 11.8 Å². The van der Waals surface area contributed by atoms with E-state index in [0.717, 1.165) is 71.3 Å². The van der Waals surface area contributed by atoms with Crippen LogP contribution in [0.2, 0.25) is 0 Å². The van der Waals surface area contributed by atoms with Crippen molar-refractivity contribution in [2.75, 3.05) is 52.5 Å². The van der Waals surface area contributed by atoms with Crippen molar-refractivity contribution in [1.29, 1.82) is 0 Å². The maximum Gasteiger partial charge on any atom is 0.225 e. The van der Waals surface area contributed by atoms with Gasteiger partial charge in [-0.15, -0.1) is 24.0 Å². The van der Waals surface area contributed by atoms with E-state index >= 15 is 0 Å². The molecule has 0 radical (unpaired) electrons. The van der Waals surface area contributed by atoms with Gasteiger partial charge in [0.1, 0.15) is 0 Å². The number of nitrogens with one attached hydrogen (secondary N) is 2. The molecule has 0 aromatic carbocycles. The van der Waals surface area contributed by atoms with E-state index in [4.69, 9.17) is 9.73 Å². The summed E-state index contributed by atoms with van der Waals surface area (Å²) >= 11 is 0. The van der Waals surface area contributed by atoms with E-state index in [1.165, 1.54) is 0 Å². The number of halogens is 1. The molecule has 0 aromatic rings. The van der Waals surface area contributed by atoms with Gasteiger partial charge in [-0.2, -0.15) is 0 Å². The van der Waals surface area contributed by atoms with Gasteiger partial charge in [0.25, 0.3) is 0 Å². The molecule has 170 valence electrons. The van der Waals surface area contributed by atoms with E-state index in [-0.39, 0.29) is 41.8 Å². The third-order valence-electron chi connectivity index (χ3n) is 5.44. The van der Waals surface area contributed by atoms with Crippen molar-refractivity contribution in [1.82, 2.24) is 20.4 Å². The molecule has 2 aliphatic heterocycles. The third-order valence-corrected chi connectivity index (χ3v) is 5.44. The quantitative estimate of drug-likeness (QED) is 0.290. The highest BCUT2D eigenvalue weighted by Gasteiger charge is 2.28. The third kappa shape index (κ3) is 8.96. The van der Waals surface area contributed by atoms with Gasteiger partial charge < -0.3 is 20.3 Å². The van der Waals surface area contributed by atoms with Crippen LogP contribution in [0.15, 0.2) is 4.99 Å². The van der Waals surface area contributed by atoms with E-state index < -0.39 is 0 Å². The molecule has 1 amide bonds. The lowest BCUT2D eigenvalue weighted by Crippen LogP contribution is -2.48. The molecule has 2 atom stereocenters. The van der Waals surface area contributed by atoms with E-state index in [9.17, 15) is 4.79 Å². The number of morpholine rings is 1. The zero-order valence-corrected chi connectivity index (χ0v) is 21.3. The van der Waals surface area contributed by atoms with Gasteiger partial charge in [-0.3, -0.25) is 14.7 Å². The number of guanidine groups is 1. The minimum Gasteiger partial charge on any atom is -0.379 e. The second-order valence-electron chi connectivity index (χ2n) is 8.72. The molecule has 7 nitrogen and oxygen atoms in total. The molecule has 2 N–H and O–H groups in total. The standard InChI is InChI=1S/C21H41N5O2.HI/c1-6-22-21(24-18-7-8-26(15-18)20(27)17(4)5)23-14-19(13-16(2)3)25-9-11-28-12-10-25;/h16-19H,6-15H2,1-5H3,(H2,22,23,24);1H. The number of carbonyl (C=O) groups excluding carboxylic acids is 1. The largest absolute Gasteiger partial charge is 0.379 e. The Morgan fingerprint density at radius 3 is 2.45 bits per heavy atom. The molecule has 0 bridgehead atoms. The van der Waals surface area contributed by atoms with E-state index in [1.807, 2.05) is 18.7 Å². The molecule has 2 aliphatic rings. The Morgan fingerprint density at radius 1 is 1.17 bits per heavy atom. The van der Waals surface area contributed by atoms with Crippen LogP contribution in [0.4, 0.5) is 0 Å². The summed E-state index contributed by atoms with van der Waals surface area (Å²) in [6, 6.07) is 0.717. The number of carbonyl (C=O) groups is 1. The fourth-order valence-electron chi connectivity index (χ4n) is 3.98. The summed E-state index contributed by atoms with van der Waals surface area (Å²) in [5.74, 6) is 1.82. The fraction of sp³-hybridized carbons (Fsp3) is 0.905. The lowest BCUT2D eigenvalue weighted by molar-refractivity contribution is -0.133. The normalized spacial score (nSPS) is 22.0. The van der Waals surface area contributed by atoms with Gasteiger partial charge in [-0.25, -0.2) is 0 Å². The first kappa shape index (κ1) is 26.4. The fourth-order valence-corrected chi connectivity index (χ4v) is 3.98. The van der Waals surface area contributed by atoms with Gasteiger partial charge >= 0.3 is 0 Å². The molecule has 2 heterocycles. The summed E-state index contributed by atoms with van der Waals surface area (Å²) in [7, 11) is 0. The molecule has 2 unspecified atom stereocenters. The minimum atomic E-state index is 0. The molecule has 8 heteroatoms. The van der Waals surface area contributed by atoms with Crippen molar-refractivity contribution < 1.29 is 9.53 Å². The number of nitrogens with zero attached hydrogens (tertiary/aromatic N) is 3. The highest BCUT2D eigenvalue weighted by molar-refractivity contribution is 14.0. The monoisotopic (exact) mass is 523 g/mol. The summed E-state index contributed by atoms with van der Waals surface area (Å²) in [6.45, 7) is 17.4. The van der Waals surface area contributed by atoms with Crippen molar-refractivity contribution in [2.45, 2.75) is 59.5 Å². The molecule has 2 saturated heterocycles. The first-order valence-corrected chi connectivity index (χ1v) is 11.1. The Kier molecular flexibility index (Phi) is 12.4. The van der Waals surface area contributed by atoms with Crippen LogP contribution in [-0.4, -0.2) is 86.2 Å². The van der Waals surface area contributed by atoms with E-state index in [0.29, 0.717) is 12.0 Å². The minimum absolute atomic E-state index is 0. The summed E-state index contributed by atoms with van der Waals surface area (Å²) in [5, 5.41) is 6.93. The lowest BCUT2D eigenvalue weighted by atomic mass is 10.0. The van der Waals surface area contributed by atoms with Gasteiger partial charge in [0, 0.05) is 50.7 Å². The highest BCUT2D eigenvalue weighted by atomic mass is 127. The highest BCUT2D eigenvalue weighted by Crippen LogP contribution is 2.15. The predicted octanol–water partition coefficient (Wildman–Crippen LogP) is 2.16. The average Bonchev–Trinajstić information content (AvgIpc) is 3.13. The van der Waals surface area contributed by atoms with Gasteiger partial charge in [0.2, 0.25) is 5.91 Å². The first-order valence-electron chi connectivity index (χ1n) is 11.1. The molecule has 0 aromatic heterocycles. The van der Waals surface area contributed by atoms with Crippen LogP contribution in [-0.2, 0) is 9.53 Å². The SMILES string of the molecule is CCNC(=NCC(CC(C)C)N1CCOCC1)NC1CCN(C(=O)C(C)C)C1.I. The second kappa shape index (κ2) is 13.6. The summed E-state index contributed by atoms with van der Waals surface area (Å²) < 4.78 is 5.52. The first-order chi connectivity index (χ1) is 13.4. The molecule has 29 heavy (non-hydrogen) atoms. The van der Waals surface area contributed by atoms with Crippen LogP contribution in [0.3, 0.4) is 0 Å². The summed E-state index contributed by atoms with van der Waals surface area (Å²) in [5.41, 5.74) is 0. The Bertz CT molecular complexity index is 509. The van der Waals surface area contributed by atoms with Gasteiger partial charge in [0.15, 0.2) is 5.96 Å². The van der Waals surface area contributed by atoms with E-state index in [2.05, 4.69) is 36.3 Å². The average molecular weight is 524 g/mol. The lowest BCUT2D eigenvalue weighted by Gasteiger charge is -2.34. The topological polar surface area (TPSA) is 69.2 Å². The Labute approximate surface area is 194 Å². The number of aliphatic imine (C=N–C) groups is 1. The number of rotatable bonds is 8. The van der Waals surface area contributed by atoms with Crippen LogP contribution in [0.25, 0.3) is 0 Å². The van der Waals surface area contributed by atoms with Crippen LogP contribution in [0.5, 0.6) is 0 Å². The van der Waals surface area contributed by atoms with Crippen LogP contribution in [0.1, 0.15) is 47.5 Å². The number of ether oxygens (including phenoxy) is 1. The summed E-state index contributed by atoms with van der Waals surface area (Å²) in [6.07, 6.45) is 2.12. The predicted molar refractivity (Wildman–Crippen MR) is 130 cm³/mol. The molecular formula is C21H42IN5O2. The van der Waals surface area contributed by atoms with Gasteiger partial charge in [-0.05, 0) is 25.7 Å². The summed E-state index contributed by atoms with van der Waals surface area (Å²) in [4.78, 5) is 21.6. The number of hydrogen-bond donors (Lipinski definition) is 2. The molecule has 0 aliphatic carbocycles. The molecule has 0 spiro atoms. The molecule has 2 fully saturated rings.